The molecular formula is C16H17NO. The molecule has 0 saturated heterocycles. The third-order valence-corrected chi connectivity index (χ3v) is 2.61. The number of hydrogen-bond donors (Lipinski definition) is 0. The molecule has 0 spiro atoms. The Hall–Kier alpha value is -2.14. The van der Waals surface area contributed by atoms with E-state index in [2.05, 4.69) is 11.8 Å². The third kappa shape index (κ3) is 4.80. The standard InChI is InChI=1S/C16H17NO/c1-3-4-5-14(12-13-18)6-7-15-8-10-16(17-2)11-9-15/h6-13H,3-5H2,1H3/b7-6+,14-12-. The zero-order valence-electron chi connectivity index (χ0n) is 10.6. The summed E-state index contributed by atoms with van der Waals surface area (Å²) in [5.41, 5.74) is 2.72. The molecule has 1 aromatic carbocycles. The van der Waals surface area contributed by atoms with E-state index in [1.807, 2.05) is 24.3 Å². The first-order valence-corrected chi connectivity index (χ1v) is 6.10. The number of rotatable bonds is 6. The van der Waals surface area contributed by atoms with Crippen molar-refractivity contribution in [3.05, 3.63) is 59.0 Å². The summed E-state index contributed by atoms with van der Waals surface area (Å²) in [6, 6.07) is 7.40. The summed E-state index contributed by atoms with van der Waals surface area (Å²) >= 11 is 0. The molecule has 0 atom stereocenters. The van der Waals surface area contributed by atoms with Gasteiger partial charge < -0.3 is 0 Å². The molecule has 0 aliphatic heterocycles. The number of allylic oxidation sites excluding steroid dienone is 3. The van der Waals surface area contributed by atoms with E-state index in [9.17, 15) is 4.79 Å². The van der Waals surface area contributed by atoms with Gasteiger partial charge in [-0.05, 0) is 30.1 Å². The average Bonchev–Trinajstić information content (AvgIpc) is 2.42. The largest absolute Gasteiger partial charge is 0.299 e. The van der Waals surface area contributed by atoms with Gasteiger partial charge in [-0.15, -0.1) is 0 Å². The van der Waals surface area contributed by atoms with E-state index in [-0.39, 0.29) is 0 Å². The first-order valence-electron chi connectivity index (χ1n) is 6.10. The fourth-order valence-corrected chi connectivity index (χ4v) is 1.55. The molecule has 2 nitrogen and oxygen atoms in total. The van der Waals surface area contributed by atoms with Crippen LogP contribution < -0.4 is 0 Å². The molecule has 1 rings (SSSR count). The summed E-state index contributed by atoms with van der Waals surface area (Å²) in [4.78, 5) is 13.9. The van der Waals surface area contributed by atoms with Gasteiger partial charge in [-0.3, -0.25) is 4.79 Å². The summed E-state index contributed by atoms with van der Waals surface area (Å²) in [7, 11) is 0. The Morgan fingerprint density at radius 1 is 1.33 bits per heavy atom. The molecular weight excluding hydrogens is 222 g/mol. The van der Waals surface area contributed by atoms with E-state index in [0.29, 0.717) is 5.69 Å². The Balaban J connectivity index is 2.73. The van der Waals surface area contributed by atoms with Crippen molar-refractivity contribution in [2.75, 3.05) is 0 Å². The van der Waals surface area contributed by atoms with E-state index in [0.717, 1.165) is 36.7 Å². The van der Waals surface area contributed by atoms with Crippen LogP contribution in [0, 0.1) is 6.57 Å². The van der Waals surface area contributed by atoms with Gasteiger partial charge in [0.25, 0.3) is 0 Å². The number of nitrogens with zero attached hydrogens (tertiary/aromatic N) is 1. The molecule has 0 aromatic heterocycles. The van der Waals surface area contributed by atoms with Gasteiger partial charge in [0.1, 0.15) is 6.29 Å². The van der Waals surface area contributed by atoms with Crippen LogP contribution >= 0.6 is 0 Å². The lowest BCUT2D eigenvalue weighted by atomic mass is 10.1. The maximum atomic E-state index is 10.5. The van der Waals surface area contributed by atoms with Crippen molar-refractivity contribution in [1.82, 2.24) is 0 Å². The van der Waals surface area contributed by atoms with Gasteiger partial charge in [-0.2, -0.15) is 0 Å². The maximum absolute atomic E-state index is 10.5. The highest BCUT2D eigenvalue weighted by atomic mass is 16.1. The molecule has 0 radical (unpaired) electrons. The van der Waals surface area contributed by atoms with Crippen molar-refractivity contribution < 1.29 is 4.79 Å². The minimum absolute atomic E-state index is 0.641. The maximum Gasteiger partial charge on any atom is 0.187 e. The first kappa shape index (κ1) is 13.9. The highest BCUT2D eigenvalue weighted by Crippen LogP contribution is 2.15. The zero-order chi connectivity index (χ0) is 13.2. The number of unbranched alkanes of at least 4 members (excludes halogenated alkanes) is 1. The van der Waals surface area contributed by atoms with Gasteiger partial charge in [0.05, 0.1) is 6.57 Å². The van der Waals surface area contributed by atoms with Crippen LogP contribution in [-0.2, 0) is 4.79 Å². The molecule has 0 bridgehead atoms. The number of hydrogen-bond acceptors (Lipinski definition) is 1. The van der Waals surface area contributed by atoms with Crippen molar-refractivity contribution in [2.24, 2.45) is 0 Å². The van der Waals surface area contributed by atoms with Gasteiger partial charge in [-0.1, -0.05) is 49.8 Å². The van der Waals surface area contributed by atoms with Crippen LogP contribution in [0.1, 0.15) is 31.7 Å². The molecule has 0 fully saturated rings. The second kappa shape index (κ2) is 8.03. The molecule has 1 aromatic rings. The van der Waals surface area contributed by atoms with Gasteiger partial charge in [0.2, 0.25) is 0 Å². The molecule has 0 unspecified atom stereocenters. The lowest BCUT2D eigenvalue weighted by Crippen LogP contribution is -1.81. The van der Waals surface area contributed by atoms with Crippen molar-refractivity contribution in [2.45, 2.75) is 26.2 Å². The number of carbonyl (C=O) groups is 1. The van der Waals surface area contributed by atoms with Crippen molar-refractivity contribution in [3.63, 3.8) is 0 Å². The fraction of sp³-hybridized carbons (Fsp3) is 0.250. The Kier molecular flexibility index (Phi) is 6.21. The summed E-state index contributed by atoms with van der Waals surface area (Å²) in [6.45, 7) is 9.00. The van der Waals surface area contributed by atoms with E-state index >= 15 is 0 Å². The third-order valence-electron chi connectivity index (χ3n) is 2.61. The molecule has 18 heavy (non-hydrogen) atoms. The molecule has 0 aliphatic rings. The van der Waals surface area contributed by atoms with E-state index in [4.69, 9.17) is 6.57 Å². The van der Waals surface area contributed by atoms with Crippen LogP contribution in [0.4, 0.5) is 5.69 Å². The first-order chi connectivity index (χ1) is 8.80. The van der Waals surface area contributed by atoms with Crippen LogP contribution in [0.15, 0.2) is 42.0 Å². The second-order valence-electron chi connectivity index (χ2n) is 4.02. The minimum Gasteiger partial charge on any atom is -0.299 e. The average molecular weight is 239 g/mol. The van der Waals surface area contributed by atoms with Crippen LogP contribution in [0.25, 0.3) is 10.9 Å². The van der Waals surface area contributed by atoms with Gasteiger partial charge in [0.15, 0.2) is 5.69 Å². The molecule has 0 amide bonds. The van der Waals surface area contributed by atoms with Crippen LogP contribution in [0.2, 0.25) is 0 Å². The summed E-state index contributed by atoms with van der Waals surface area (Å²) in [5.74, 6) is 0. The molecule has 0 heterocycles. The summed E-state index contributed by atoms with van der Waals surface area (Å²) < 4.78 is 0. The normalized spacial score (nSPS) is 11.4. The number of aldehydes is 1. The predicted octanol–water partition coefficient (Wildman–Crippen LogP) is 4.57. The molecule has 92 valence electrons. The predicted molar refractivity (Wildman–Crippen MR) is 75.4 cm³/mol. The summed E-state index contributed by atoms with van der Waals surface area (Å²) in [6.07, 6.45) is 9.50. The van der Waals surface area contributed by atoms with Crippen molar-refractivity contribution >= 4 is 18.0 Å². The van der Waals surface area contributed by atoms with Crippen LogP contribution in [0.5, 0.6) is 0 Å². The number of benzene rings is 1. The smallest absolute Gasteiger partial charge is 0.187 e. The quantitative estimate of drug-likeness (QED) is 0.308. The van der Waals surface area contributed by atoms with Crippen molar-refractivity contribution in [1.29, 1.82) is 0 Å². The molecule has 0 aliphatic carbocycles. The van der Waals surface area contributed by atoms with E-state index in [1.54, 1.807) is 18.2 Å². The number of carbonyl (C=O) groups excluding carboxylic acids is 1. The Morgan fingerprint density at radius 3 is 2.61 bits per heavy atom. The highest BCUT2D eigenvalue weighted by Gasteiger charge is 1.93. The second-order valence-corrected chi connectivity index (χ2v) is 4.02. The SMILES string of the molecule is [C-]#[N+]c1ccc(/C=C/C(=C\C=O)CCCC)cc1. The monoisotopic (exact) mass is 239 g/mol. The van der Waals surface area contributed by atoms with Crippen LogP contribution in [-0.4, -0.2) is 6.29 Å². The van der Waals surface area contributed by atoms with Gasteiger partial charge in [0, 0.05) is 0 Å². The van der Waals surface area contributed by atoms with E-state index < -0.39 is 0 Å². The Labute approximate surface area is 108 Å². The van der Waals surface area contributed by atoms with Crippen LogP contribution in [0.3, 0.4) is 0 Å². The molecule has 0 saturated carbocycles. The van der Waals surface area contributed by atoms with Gasteiger partial charge >= 0.3 is 0 Å². The lowest BCUT2D eigenvalue weighted by molar-refractivity contribution is -0.104. The lowest BCUT2D eigenvalue weighted by Gasteiger charge is -1.99. The fourth-order valence-electron chi connectivity index (χ4n) is 1.55. The van der Waals surface area contributed by atoms with Gasteiger partial charge in [-0.25, -0.2) is 4.85 Å². The topological polar surface area (TPSA) is 21.4 Å². The van der Waals surface area contributed by atoms with E-state index in [1.165, 1.54) is 0 Å². The highest BCUT2D eigenvalue weighted by molar-refractivity contribution is 5.68. The zero-order valence-corrected chi connectivity index (χ0v) is 10.6. The Bertz CT molecular complexity index is 475. The summed E-state index contributed by atoms with van der Waals surface area (Å²) in [5, 5.41) is 0. The Morgan fingerprint density at radius 2 is 2.06 bits per heavy atom. The molecule has 2 heteroatoms. The molecule has 0 N–H and O–H groups in total. The van der Waals surface area contributed by atoms with Crippen molar-refractivity contribution in [3.8, 4) is 0 Å². The minimum atomic E-state index is 0.641.